The molecule has 0 radical (unpaired) electrons. The van der Waals surface area contributed by atoms with Crippen LogP contribution in [0.15, 0.2) is 11.6 Å². The van der Waals surface area contributed by atoms with Gasteiger partial charge >= 0.3 is 12.3 Å². The van der Waals surface area contributed by atoms with E-state index < -0.39 is 24.5 Å². The predicted octanol–water partition coefficient (Wildman–Crippen LogP) is 1.85. The molecule has 1 fully saturated rings. The topological polar surface area (TPSA) is 93.1 Å². The summed E-state index contributed by atoms with van der Waals surface area (Å²) in [6.45, 7) is 1.80. The van der Waals surface area contributed by atoms with Crippen molar-refractivity contribution in [2.24, 2.45) is 0 Å². The summed E-state index contributed by atoms with van der Waals surface area (Å²) in [5.41, 5.74) is 0.938. The van der Waals surface area contributed by atoms with Gasteiger partial charge in [0.05, 0.1) is 0 Å². The van der Waals surface area contributed by atoms with E-state index >= 15 is 0 Å². The van der Waals surface area contributed by atoms with Crippen LogP contribution in [-0.2, 0) is 9.47 Å². The molecule has 2 atom stereocenters. The summed E-state index contributed by atoms with van der Waals surface area (Å²) in [6.07, 6.45) is -1.72. The van der Waals surface area contributed by atoms with Gasteiger partial charge in [0.2, 0.25) is 0 Å². The van der Waals surface area contributed by atoms with E-state index in [0.717, 1.165) is 5.57 Å². The third-order valence-corrected chi connectivity index (χ3v) is 2.25. The zero-order chi connectivity index (χ0) is 11.4. The maximum absolute atomic E-state index is 10.3. The number of hydrogen-bond acceptors (Lipinski definition) is 4. The number of rotatable bonds is 2. The summed E-state index contributed by atoms with van der Waals surface area (Å²) >= 11 is 0. The van der Waals surface area contributed by atoms with Crippen molar-refractivity contribution in [3.8, 4) is 0 Å². The molecular weight excluding hydrogens is 204 g/mol. The fourth-order valence-electron chi connectivity index (χ4n) is 1.59. The second-order valence-electron chi connectivity index (χ2n) is 3.20. The van der Waals surface area contributed by atoms with Crippen molar-refractivity contribution in [1.82, 2.24) is 0 Å². The van der Waals surface area contributed by atoms with Crippen LogP contribution in [0.2, 0.25) is 0 Å². The van der Waals surface area contributed by atoms with Gasteiger partial charge in [-0.1, -0.05) is 11.6 Å². The minimum absolute atomic E-state index is 0.390. The van der Waals surface area contributed by atoms with Crippen LogP contribution in [0, 0.1) is 0 Å². The highest BCUT2D eigenvalue weighted by atomic mass is 16.7. The molecule has 6 nitrogen and oxygen atoms in total. The standard InChI is InChI=1S/C9H12O6/c1-2-5-3-6(14-8(10)11)7(4-5)15-9(12)13/h2,6-7H,3-4H2,1H3,(H,10,11)(H,12,13). The first kappa shape index (κ1) is 11.4. The van der Waals surface area contributed by atoms with Gasteiger partial charge in [0.1, 0.15) is 12.2 Å². The molecule has 2 N–H and O–H groups in total. The Labute approximate surface area is 86.1 Å². The molecule has 1 rings (SSSR count). The van der Waals surface area contributed by atoms with E-state index in [2.05, 4.69) is 9.47 Å². The van der Waals surface area contributed by atoms with Crippen molar-refractivity contribution in [3.05, 3.63) is 11.6 Å². The maximum Gasteiger partial charge on any atom is 0.506 e. The SMILES string of the molecule is CC=C1CC(OC(=O)O)C(OC(=O)O)C1. The molecular formula is C9H12O6. The normalized spacial score (nSPS) is 24.7. The van der Waals surface area contributed by atoms with Gasteiger partial charge in [-0.2, -0.15) is 0 Å². The van der Waals surface area contributed by atoms with Crippen molar-refractivity contribution in [3.63, 3.8) is 0 Å². The highest BCUT2D eigenvalue weighted by Gasteiger charge is 2.36. The fourth-order valence-corrected chi connectivity index (χ4v) is 1.59. The second-order valence-corrected chi connectivity index (χ2v) is 3.20. The average molecular weight is 216 g/mol. The molecule has 0 aromatic heterocycles. The zero-order valence-corrected chi connectivity index (χ0v) is 8.17. The van der Waals surface area contributed by atoms with E-state index in [0.29, 0.717) is 12.8 Å². The Balaban J connectivity index is 2.65. The Morgan fingerprint density at radius 2 is 1.60 bits per heavy atom. The maximum atomic E-state index is 10.3. The Kier molecular flexibility index (Phi) is 3.54. The first-order valence-electron chi connectivity index (χ1n) is 4.46. The summed E-state index contributed by atoms with van der Waals surface area (Å²) in [7, 11) is 0. The van der Waals surface area contributed by atoms with Gasteiger partial charge in [-0.05, 0) is 6.92 Å². The van der Waals surface area contributed by atoms with Gasteiger partial charge in [-0.25, -0.2) is 9.59 Å². The van der Waals surface area contributed by atoms with Crippen LogP contribution in [0.3, 0.4) is 0 Å². The quantitative estimate of drug-likeness (QED) is 0.540. The van der Waals surface area contributed by atoms with Crippen LogP contribution in [0.1, 0.15) is 19.8 Å². The third kappa shape index (κ3) is 3.16. The lowest BCUT2D eigenvalue weighted by atomic mass is 10.2. The largest absolute Gasteiger partial charge is 0.506 e. The summed E-state index contributed by atoms with van der Waals surface area (Å²) < 4.78 is 9.09. The monoisotopic (exact) mass is 216 g/mol. The van der Waals surface area contributed by atoms with Crippen LogP contribution in [0.4, 0.5) is 9.59 Å². The number of ether oxygens (including phenoxy) is 2. The van der Waals surface area contributed by atoms with Gasteiger partial charge in [0.25, 0.3) is 0 Å². The number of carboxylic acid groups (broad SMARTS) is 2. The molecule has 0 aliphatic heterocycles. The lowest BCUT2D eigenvalue weighted by molar-refractivity contribution is -0.0256. The fraction of sp³-hybridized carbons (Fsp3) is 0.556. The van der Waals surface area contributed by atoms with E-state index in [1.165, 1.54) is 0 Å². The van der Waals surface area contributed by atoms with Gasteiger partial charge in [-0.15, -0.1) is 0 Å². The highest BCUT2D eigenvalue weighted by Crippen LogP contribution is 2.30. The Hall–Kier alpha value is -1.72. The van der Waals surface area contributed by atoms with E-state index in [1.54, 1.807) is 6.92 Å². The Morgan fingerprint density at radius 3 is 1.87 bits per heavy atom. The lowest BCUT2D eigenvalue weighted by Gasteiger charge is -2.16. The Bertz CT molecular complexity index is 269. The summed E-state index contributed by atoms with van der Waals surface area (Å²) in [6, 6.07) is 0. The van der Waals surface area contributed by atoms with Crippen molar-refractivity contribution in [2.45, 2.75) is 32.0 Å². The van der Waals surface area contributed by atoms with E-state index in [9.17, 15) is 9.59 Å². The third-order valence-electron chi connectivity index (χ3n) is 2.25. The summed E-state index contributed by atoms with van der Waals surface area (Å²) in [5, 5.41) is 16.9. The first-order valence-corrected chi connectivity index (χ1v) is 4.46. The Morgan fingerprint density at radius 1 is 1.20 bits per heavy atom. The molecule has 0 amide bonds. The zero-order valence-electron chi connectivity index (χ0n) is 8.17. The second kappa shape index (κ2) is 4.68. The minimum atomic E-state index is -1.42. The van der Waals surface area contributed by atoms with E-state index in [1.807, 2.05) is 6.08 Å². The molecule has 6 heteroatoms. The van der Waals surface area contributed by atoms with Crippen LogP contribution in [0.25, 0.3) is 0 Å². The molecule has 0 saturated heterocycles. The number of carbonyl (C=O) groups is 2. The molecule has 0 heterocycles. The lowest BCUT2D eigenvalue weighted by Crippen LogP contribution is -2.29. The molecule has 2 unspecified atom stereocenters. The van der Waals surface area contributed by atoms with Crippen LogP contribution >= 0.6 is 0 Å². The van der Waals surface area contributed by atoms with E-state index in [4.69, 9.17) is 10.2 Å². The molecule has 0 aromatic rings. The van der Waals surface area contributed by atoms with Crippen molar-refractivity contribution < 1.29 is 29.3 Å². The molecule has 15 heavy (non-hydrogen) atoms. The molecule has 0 spiro atoms. The predicted molar refractivity (Wildman–Crippen MR) is 48.8 cm³/mol. The first-order chi connectivity index (χ1) is 7.02. The number of allylic oxidation sites excluding steroid dienone is 1. The number of hydrogen-bond donors (Lipinski definition) is 2. The molecule has 1 aliphatic rings. The molecule has 1 aliphatic carbocycles. The summed E-state index contributed by atoms with van der Waals surface area (Å²) in [5.74, 6) is 0. The van der Waals surface area contributed by atoms with Crippen LogP contribution in [-0.4, -0.2) is 34.7 Å². The molecule has 84 valence electrons. The van der Waals surface area contributed by atoms with Crippen molar-refractivity contribution in [1.29, 1.82) is 0 Å². The van der Waals surface area contributed by atoms with Crippen molar-refractivity contribution in [2.75, 3.05) is 0 Å². The van der Waals surface area contributed by atoms with Crippen LogP contribution in [0.5, 0.6) is 0 Å². The molecule has 0 aromatic carbocycles. The van der Waals surface area contributed by atoms with E-state index in [-0.39, 0.29) is 0 Å². The summed E-state index contributed by atoms with van der Waals surface area (Å²) in [4.78, 5) is 20.7. The smallest absolute Gasteiger partial charge is 0.450 e. The van der Waals surface area contributed by atoms with Crippen molar-refractivity contribution >= 4 is 12.3 Å². The van der Waals surface area contributed by atoms with Gasteiger partial charge in [0.15, 0.2) is 0 Å². The molecule has 1 saturated carbocycles. The highest BCUT2D eigenvalue weighted by molar-refractivity contribution is 5.58. The minimum Gasteiger partial charge on any atom is -0.450 e. The van der Waals surface area contributed by atoms with Crippen LogP contribution < -0.4 is 0 Å². The van der Waals surface area contributed by atoms with Gasteiger partial charge in [-0.3, -0.25) is 0 Å². The molecule has 0 bridgehead atoms. The average Bonchev–Trinajstić information content (AvgIpc) is 2.46. The van der Waals surface area contributed by atoms with Gasteiger partial charge in [0, 0.05) is 12.8 Å². The van der Waals surface area contributed by atoms with Gasteiger partial charge < -0.3 is 19.7 Å².